The maximum Gasteiger partial charge on any atom is 0.344 e. The van der Waals surface area contributed by atoms with Crippen molar-refractivity contribution >= 4 is 11.8 Å². The van der Waals surface area contributed by atoms with Crippen LogP contribution in [0.4, 0.5) is 0 Å². The Hall–Kier alpha value is -1.53. The first kappa shape index (κ1) is 14.4. The van der Waals surface area contributed by atoms with E-state index in [9.17, 15) is 4.79 Å². The van der Waals surface area contributed by atoms with E-state index in [0.717, 1.165) is 30.0 Å². The highest BCUT2D eigenvalue weighted by Gasteiger charge is 2.28. The molecule has 0 saturated heterocycles. The number of aryl methyl sites for hydroxylation is 1. The SMILES string of the molecule is CCc1ccc(C(N)CSc2n[nH]c(=O)n2C2CC2)cc1. The van der Waals surface area contributed by atoms with Crippen LogP contribution in [0.2, 0.25) is 0 Å². The lowest BCUT2D eigenvalue weighted by atomic mass is 10.1. The van der Waals surface area contributed by atoms with Gasteiger partial charge in [0.2, 0.25) is 0 Å². The van der Waals surface area contributed by atoms with Crippen molar-refractivity contribution in [3.8, 4) is 0 Å². The predicted molar refractivity (Wildman–Crippen MR) is 84.6 cm³/mol. The van der Waals surface area contributed by atoms with Gasteiger partial charge in [-0.1, -0.05) is 43.0 Å². The van der Waals surface area contributed by atoms with Crippen molar-refractivity contribution in [2.45, 2.75) is 43.4 Å². The number of aromatic amines is 1. The van der Waals surface area contributed by atoms with Crippen molar-refractivity contribution in [1.29, 1.82) is 0 Å². The Kier molecular flexibility index (Phi) is 4.17. The fraction of sp³-hybridized carbons (Fsp3) is 0.467. The molecule has 3 N–H and O–H groups in total. The molecule has 3 rings (SSSR count). The fourth-order valence-electron chi connectivity index (χ4n) is 2.31. The monoisotopic (exact) mass is 304 g/mol. The number of thioether (sulfide) groups is 1. The van der Waals surface area contributed by atoms with Gasteiger partial charge in [-0.15, -0.1) is 5.10 Å². The molecule has 112 valence electrons. The van der Waals surface area contributed by atoms with Crippen molar-refractivity contribution in [3.05, 3.63) is 45.9 Å². The van der Waals surface area contributed by atoms with Gasteiger partial charge in [-0.3, -0.25) is 4.57 Å². The standard InChI is InChI=1S/C15H20N4OS/c1-2-10-3-5-11(6-4-10)13(16)9-21-15-18-17-14(20)19(15)12-7-8-12/h3-6,12-13H,2,7-9,16H2,1H3,(H,17,20). The number of nitrogens with two attached hydrogens (primary N) is 1. The molecule has 1 aromatic carbocycles. The third-order valence-corrected chi connectivity index (χ3v) is 4.86. The van der Waals surface area contributed by atoms with Crippen LogP contribution < -0.4 is 11.4 Å². The van der Waals surface area contributed by atoms with E-state index in [4.69, 9.17) is 5.73 Å². The van der Waals surface area contributed by atoms with Gasteiger partial charge >= 0.3 is 5.69 Å². The minimum absolute atomic E-state index is 0.0552. The average Bonchev–Trinajstić information content (AvgIpc) is 3.28. The molecule has 0 radical (unpaired) electrons. The summed E-state index contributed by atoms with van der Waals surface area (Å²) in [5.74, 6) is 0.711. The van der Waals surface area contributed by atoms with Crippen LogP contribution in [0.15, 0.2) is 34.2 Å². The molecule has 21 heavy (non-hydrogen) atoms. The Balaban J connectivity index is 1.65. The summed E-state index contributed by atoms with van der Waals surface area (Å²) in [6.07, 6.45) is 3.17. The second-order valence-electron chi connectivity index (χ2n) is 5.43. The summed E-state index contributed by atoms with van der Waals surface area (Å²) in [5, 5.41) is 7.39. The molecule has 1 aliphatic rings. The minimum atomic E-state index is -0.110. The number of nitrogens with one attached hydrogen (secondary N) is 1. The topological polar surface area (TPSA) is 76.7 Å². The molecule has 1 aromatic heterocycles. The van der Waals surface area contributed by atoms with Gasteiger partial charge in [0.05, 0.1) is 0 Å². The smallest absolute Gasteiger partial charge is 0.323 e. The first-order valence-corrected chi connectivity index (χ1v) is 8.31. The number of aromatic nitrogens is 3. The van der Waals surface area contributed by atoms with E-state index in [1.165, 1.54) is 5.56 Å². The predicted octanol–water partition coefficient (Wildman–Crippen LogP) is 2.26. The van der Waals surface area contributed by atoms with Crippen LogP contribution in [-0.4, -0.2) is 20.5 Å². The van der Waals surface area contributed by atoms with E-state index in [2.05, 4.69) is 41.4 Å². The molecule has 1 aliphatic carbocycles. The summed E-state index contributed by atoms with van der Waals surface area (Å²) in [7, 11) is 0. The Morgan fingerprint density at radius 3 is 2.76 bits per heavy atom. The summed E-state index contributed by atoms with van der Waals surface area (Å²) in [5.41, 5.74) is 8.56. The van der Waals surface area contributed by atoms with Crippen LogP contribution >= 0.6 is 11.8 Å². The largest absolute Gasteiger partial charge is 0.344 e. The third kappa shape index (κ3) is 3.22. The molecule has 0 amide bonds. The number of hydrogen-bond donors (Lipinski definition) is 2. The molecule has 0 spiro atoms. The van der Waals surface area contributed by atoms with Crippen molar-refractivity contribution in [2.24, 2.45) is 5.73 Å². The van der Waals surface area contributed by atoms with Crippen molar-refractivity contribution in [1.82, 2.24) is 14.8 Å². The van der Waals surface area contributed by atoms with E-state index in [-0.39, 0.29) is 11.7 Å². The molecule has 1 atom stereocenters. The number of H-pyrrole nitrogens is 1. The van der Waals surface area contributed by atoms with Gasteiger partial charge in [0.15, 0.2) is 5.16 Å². The van der Waals surface area contributed by atoms with Crippen LogP contribution in [0.3, 0.4) is 0 Å². The number of nitrogens with zero attached hydrogens (tertiary/aromatic N) is 2. The number of rotatable bonds is 6. The molecule has 6 heteroatoms. The maximum absolute atomic E-state index is 11.7. The highest BCUT2D eigenvalue weighted by Crippen LogP contribution is 2.36. The molecule has 1 heterocycles. The summed E-state index contributed by atoms with van der Waals surface area (Å²) in [6.45, 7) is 2.14. The quantitative estimate of drug-likeness (QED) is 0.803. The lowest BCUT2D eigenvalue weighted by Gasteiger charge is -2.12. The molecular formula is C15H20N4OS. The summed E-state index contributed by atoms with van der Waals surface area (Å²) < 4.78 is 1.76. The van der Waals surface area contributed by atoms with Gasteiger partial charge in [0, 0.05) is 17.8 Å². The van der Waals surface area contributed by atoms with Crippen LogP contribution in [0.1, 0.15) is 43.0 Å². The fourth-order valence-corrected chi connectivity index (χ4v) is 3.31. The first-order valence-electron chi connectivity index (χ1n) is 7.33. The molecule has 2 aromatic rings. The Morgan fingerprint density at radius 1 is 1.43 bits per heavy atom. The van der Waals surface area contributed by atoms with E-state index < -0.39 is 0 Å². The Labute approximate surface area is 127 Å². The molecule has 0 aliphatic heterocycles. The Morgan fingerprint density at radius 2 is 2.14 bits per heavy atom. The van der Waals surface area contributed by atoms with E-state index >= 15 is 0 Å². The van der Waals surface area contributed by atoms with Gasteiger partial charge in [-0.25, -0.2) is 9.89 Å². The lowest BCUT2D eigenvalue weighted by Crippen LogP contribution is -2.17. The molecular weight excluding hydrogens is 284 g/mol. The number of benzene rings is 1. The third-order valence-electron chi connectivity index (χ3n) is 3.79. The average molecular weight is 304 g/mol. The van der Waals surface area contributed by atoms with E-state index in [0.29, 0.717) is 11.8 Å². The molecule has 0 bridgehead atoms. The van der Waals surface area contributed by atoms with Gasteiger partial charge in [0.1, 0.15) is 0 Å². The zero-order valence-corrected chi connectivity index (χ0v) is 12.9. The zero-order valence-electron chi connectivity index (χ0n) is 12.1. The van der Waals surface area contributed by atoms with E-state index in [1.54, 1.807) is 16.3 Å². The summed E-state index contributed by atoms with van der Waals surface area (Å²) in [6, 6.07) is 8.69. The lowest BCUT2D eigenvalue weighted by molar-refractivity contribution is 0.641. The van der Waals surface area contributed by atoms with Crippen LogP contribution in [-0.2, 0) is 6.42 Å². The van der Waals surface area contributed by atoms with Crippen molar-refractivity contribution in [3.63, 3.8) is 0 Å². The van der Waals surface area contributed by atoms with Crippen LogP contribution in [0.25, 0.3) is 0 Å². The number of hydrogen-bond acceptors (Lipinski definition) is 4. The highest BCUT2D eigenvalue weighted by molar-refractivity contribution is 7.99. The molecule has 5 nitrogen and oxygen atoms in total. The molecule has 1 unspecified atom stereocenters. The molecule has 1 fully saturated rings. The van der Waals surface area contributed by atoms with Crippen molar-refractivity contribution < 1.29 is 0 Å². The molecule has 1 saturated carbocycles. The van der Waals surface area contributed by atoms with Crippen LogP contribution in [0, 0.1) is 0 Å². The minimum Gasteiger partial charge on any atom is -0.323 e. The second-order valence-corrected chi connectivity index (χ2v) is 6.41. The van der Waals surface area contributed by atoms with E-state index in [1.807, 2.05) is 0 Å². The second kappa shape index (κ2) is 6.07. The van der Waals surface area contributed by atoms with Gasteiger partial charge in [0.25, 0.3) is 0 Å². The normalized spacial score (nSPS) is 16.1. The summed E-state index contributed by atoms with van der Waals surface area (Å²) in [4.78, 5) is 11.7. The highest BCUT2D eigenvalue weighted by atomic mass is 32.2. The Bertz CT molecular complexity index is 657. The van der Waals surface area contributed by atoms with Gasteiger partial charge in [-0.05, 0) is 30.4 Å². The zero-order chi connectivity index (χ0) is 14.8. The van der Waals surface area contributed by atoms with Gasteiger partial charge < -0.3 is 5.73 Å². The maximum atomic E-state index is 11.7. The van der Waals surface area contributed by atoms with Crippen molar-refractivity contribution in [2.75, 3.05) is 5.75 Å². The van der Waals surface area contributed by atoms with Crippen LogP contribution in [0.5, 0.6) is 0 Å². The van der Waals surface area contributed by atoms with Gasteiger partial charge in [-0.2, -0.15) is 0 Å². The summed E-state index contributed by atoms with van der Waals surface area (Å²) >= 11 is 1.54. The first-order chi connectivity index (χ1) is 10.2.